The number of rotatable bonds is 7. The standard InChI is InChI=1S/C23H30N2O3S/c26-14-18-8-4-10-25(18)23(28)22-21(20(29)13-24-22)19(27)9-3-5-15-11-16-6-1-2-7-17(16)12-15/h1-2,6-7,15,18,21-22,24,26H,3-5,8-14H2/t18-,21?,22-/m0/s1. The quantitative estimate of drug-likeness (QED) is 0.669. The van der Waals surface area contributed by atoms with Crippen LogP contribution in [0.4, 0.5) is 0 Å². The van der Waals surface area contributed by atoms with Crippen LogP contribution >= 0.6 is 12.2 Å². The first-order valence-electron chi connectivity index (χ1n) is 10.9. The highest BCUT2D eigenvalue weighted by atomic mass is 32.1. The van der Waals surface area contributed by atoms with E-state index in [2.05, 4.69) is 29.6 Å². The lowest BCUT2D eigenvalue weighted by Crippen LogP contribution is -2.50. The summed E-state index contributed by atoms with van der Waals surface area (Å²) in [6.07, 6.45) is 6.29. The molecule has 2 N–H and O–H groups in total. The van der Waals surface area contributed by atoms with Crippen LogP contribution < -0.4 is 5.32 Å². The normalized spacial score (nSPS) is 26.9. The second-order valence-corrected chi connectivity index (χ2v) is 9.24. The van der Waals surface area contributed by atoms with Gasteiger partial charge in [0.15, 0.2) is 0 Å². The van der Waals surface area contributed by atoms with Gasteiger partial charge in [-0.05, 0) is 55.6 Å². The number of hydrogen-bond acceptors (Lipinski definition) is 5. The molecular formula is C23H30N2O3S. The van der Waals surface area contributed by atoms with Crippen molar-refractivity contribution < 1.29 is 14.7 Å². The van der Waals surface area contributed by atoms with E-state index in [-0.39, 0.29) is 24.3 Å². The van der Waals surface area contributed by atoms with Gasteiger partial charge in [0, 0.05) is 24.4 Å². The first-order chi connectivity index (χ1) is 14.1. The zero-order chi connectivity index (χ0) is 20.4. The zero-order valence-corrected chi connectivity index (χ0v) is 17.6. The van der Waals surface area contributed by atoms with Crippen LogP contribution in [-0.4, -0.2) is 58.3 Å². The SMILES string of the molecule is O=C(CCCC1Cc2ccccc2C1)C1C(=S)CN[C@@H]1C(=O)N1CCC[C@H]1CO. The molecule has 0 aromatic heterocycles. The van der Waals surface area contributed by atoms with Gasteiger partial charge in [-0.3, -0.25) is 9.59 Å². The number of amides is 1. The molecule has 29 heavy (non-hydrogen) atoms. The highest BCUT2D eigenvalue weighted by molar-refractivity contribution is 7.80. The Balaban J connectivity index is 1.31. The Morgan fingerprint density at radius 3 is 2.62 bits per heavy atom. The minimum Gasteiger partial charge on any atom is -0.394 e. The van der Waals surface area contributed by atoms with Gasteiger partial charge >= 0.3 is 0 Å². The maximum absolute atomic E-state index is 13.0. The Kier molecular flexibility index (Phi) is 6.42. The predicted molar refractivity (Wildman–Crippen MR) is 116 cm³/mol. The lowest BCUT2D eigenvalue weighted by Gasteiger charge is -2.28. The van der Waals surface area contributed by atoms with Gasteiger partial charge in [-0.25, -0.2) is 0 Å². The van der Waals surface area contributed by atoms with Gasteiger partial charge in [0.05, 0.1) is 18.6 Å². The summed E-state index contributed by atoms with van der Waals surface area (Å²) in [4.78, 5) is 28.4. The molecule has 2 heterocycles. The molecule has 1 amide bonds. The molecule has 1 aromatic rings. The Morgan fingerprint density at radius 1 is 1.21 bits per heavy atom. The lowest BCUT2D eigenvalue weighted by molar-refractivity contribution is -0.137. The number of hydrogen-bond donors (Lipinski definition) is 2. The van der Waals surface area contributed by atoms with Crippen LogP contribution in [0, 0.1) is 11.8 Å². The molecule has 0 radical (unpaired) electrons. The lowest BCUT2D eigenvalue weighted by atomic mass is 9.89. The number of benzene rings is 1. The first-order valence-corrected chi connectivity index (χ1v) is 11.3. The summed E-state index contributed by atoms with van der Waals surface area (Å²) in [6, 6.07) is 7.92. The third-order valence-electron chi connectivity index (χ3n) is 6.83. The van der Waals surface area contributed by atoms with Crippen molar-refractivity contribution in [3.05, 3.63) is 35.4 Å². The molecule has 0 bridgehead atoms. The molecule has 2 fully saturated rings. The maximum atomic E-state index is 13.0. The van der Waals surface area contributed by atoms with Gasteiger partial charge in [-0.1, -0.05) is 36.5 Å². The minimum absolute atomic E-state index is 0.0225. The van der Waals surface area contributed by atoms with E-state index in [0.717, 1.165) is 38.5 Å². The number of fused-ring (bicyclic) bond motifs is 1. The molecule has 4 rings (SSSR count). The molecular weight excluding hydrogens is 384 g/mol. The summed E-state index contributed by atoms with van der Waals surface area (Å²) in [6.45, 7) is 1.07. The number of carbonyl (C=O) groups is 2. The number of nitrogens with one attached hydrogen (secondary N) is 1. The Bertz CT molecular complexity index is 771. The molecule has 156 valence electrons. The monoisotopic (exact) mass is 414 g/mol. The Morgan fingerprint density at radius 2 is 1.93 bits per heavy atom. The van der Waals surface area contributed by atoms with Crippen LogP contribution in [0.3, 0.4) is 0 Å². The van der Waals surface area contributed by atoms with Crippen molar-refractivity contribution in [3.8, 4) is 0 Å². The Labute approximate surface area is 177 Å². The summed E-state index contributed by atoms with van der Waals surface area (Å²) in [7, 11) is 0. The number of ketones is 1. The number of nitrogens with zero attached hydrogens (tertiary/aromatic N) is 1. The maximum Gasteiger partial charge on any atom is 0.241 e. The van der Waals surface area contributed by atoms with Crippen molar-refractivity contribution in [3.63, 3.8) is 0 Å². The smallest absolute Gasteiger partial charge is 0.241 e. The van der Waals surface area contributed by atoms with Crippen LogP contribution in [0.25, 0.3) is 0 Å². The van der Waals surface area contributed by atoms with E-state index in [0.29, 0.717) is 30.3 Å². The second-order valence-electron chi connectivity index (χ2n) is 8.71. The van der Waals surface area contributed by atoms with E-state index in [1.807, 2.05) is 0 Å². The fraction of sp³-hybridized carbons (Fsp3) is 0.609. The van der Waals surface area contributed by atoms with Crippen LogP contribution in [-0.2, 0) is 22.4 Å². The number of carbonyl (C=O) groups excluding carboxylic acids is 2. The van der Waals surface area contributed by atoms with Gasteiger partial charge in [-0.15, -0.1) is 0 Å². The van der Waals surface area contributed by atoms with Crippen molar-refractivity contribution in [1.82, 2.24) is 10.2 Å². The summed E-state index contributed by atoms with van der Waals surface area (Å²) < 4.78 is 0. The highest BCUT2D eigenvalue weighted by Gasteiger charge is 2.44. The molecule has 1 aliphatic carbocycles. The van der Waals surface area contributed by atoms with Crippen molar-refractivity contribution >= 4 is 28.8 Å². The molecule has 1 unspecified atom stereocenters. The second kappa shape index (κ2) is 9.02. The molecule has 1 aromatic carbocycles. The van der Waals surface area contributed by atoms with E-state index < -0.39 is 12.0 Å². The van der Waals surface area contributed by atoms with Crippen LogP contribution in [0.5, 0.6) is 0 Å². The summed E-state index contributed by atoms with van der Waals surface area (Å²) in [5, 5.41) is 12.7. The van der Waals surface area contributed by atoms with Crippen molar-refractivity contribution in [1.29, 1.82) is 0 Å². The third kappa shape index (κ3) is 4.30. The van der Waals surface area contributed by atoms with E-state index >= 15 is 0 Å². The molecule has 3 aliphatic rings. The van der Waals surface area contributed by atoms with E-state index in [4.69, 9.17) is 12.2 Å². The average Bonchev–Trinajstić information content (AvgIpc) is 3.44. The number of aliphatic hydroxyl groups is 1. The molecule has 2 aliphatic heterocycles. The predicted octanol–water partition coefficient (Wildman–Crippen LogP) is 2.08. The molecule has 3 atom stereocenters. The third-order valence-corrected chi connectivity index (χ3v) is 7.23. The molecule has 0 saturated carbocycles. The summed E-state index contributed by atoms with van der Waals surface area (Å²) in [5.41, 5.74) is 2.89. The fourth-order valence-corrected chi connectivity index (χ4v) is 5.64. The van der Waals surface area contributed by atoms with Crippen molar-refractivity contribution in [2.24, 2.45) is 11.8 Å². The average molecular weight is 415 g/mol. The fourth-order valence-electron chi connectivity index (χ4n) is 5.29. The minimum atomic E-state index is -0.558. The van der Waals surface area contributed by atoms with Gasteiger partial charge in [0.2, 0.25) is 5.91 Å². The van der Waals surface area contributed by atoms with Crippen LogP contribution in [0.2, 0.25) is 0 Å². The van der Waals surface area contributed by atoms with E-state index in [1.165, 1.54) is 11.1 Å². The molecule has 2 saturated heterocycles. The van der Waals surface area contributed by atoms with Crippen molar-refractivity contribution in [2.45, 2.75) is 57.0 Å². The van der Waals surface area contributed by atoms with Crippen LogP contribution in [0.1, 0.15) is 43.2 Å². The van der Waals surface area contributed by atoms with Crippen LogP contribution in [0.15, 0.2) is 24.3 Å². The number of likely N-dealkylation sites (tertiary alicyclic amines) is 1. The number of Topliss-reactive ketones (excluding diaryl/α,β-unsaturated/α-hetero) is 1. The topological polar surface area (TPSA) is 69.6 Å². The summed E-state index contributed by atoms with van der Waals surface area (Å²) >= 11 is 5.45. The molecule has 5 nitrogen and oxygen atoms in total. The Hall–Kier alpha value is -1.63. The van der Waals surface area contributed by atoms with Gasteiger partial charge in [0.25, 0.3) is 0 Å². The van der Waals surface area contributed by atoms with Gasteiger partial charge in [-0.2, -0.15) is 0 Å². The first kappa shape index (κ1) is 20.6. The summed E-state index contributed by atoms with van der Waals surface area (Å²) in [5.74, 6) is 0.124. The zero-order valence-electron chi connectivity index (χ0n) is 16.8. The largest absolute Gasteiger partial charge is 0.394 e. The number of aliphatic hydroxyl groups excluding tert-OH is 1. The number of thiocarbonyl (C=S) groups is 1. The molecule has 0 spiro atoms. The van der Waals surface area contributed by atoms with E-state index in [1.54, 1.807) is 4.90 Å². The van der Waals surface area contributed by atoms with Gasteiger partial charge < -0.3 is 15.3 Å². The molecule has 6 heteroatoms. The van der Waals surface area contributed by atoms with Crippen molar-refractivity contribution in [2.75, 3.05) is 19.7 Å². The van der Waals surface area contributed by atoms with Gasteiger partial charge in [0.1, 0.15) is 11.8 Å². The van der Waals surface area contributed by atoms with E-state index in [9.17, 15) is 14.7 Å². The highest BCUT2D eigenvalue weighted by Crippen LogP contribution is 2.30.